The van der Waals surface area contributed by atoms with Crippen molar-refractivity contribution in [3.8, 4) is 17.1 Å². The number of hydrogen-bond donors (Lipinski definition) is 1. The summed E-state index contributed by atoms with van der Waals surface area (Å²) in [6, 6.07) is 16.1. The Hall–Kier alpha value is -3.98. The summed E-state index contributed by atoms with van der Waals surface area (Å²) in [5.74, 6) is 1.00. The fraction of sp³-hybridized carbons (Fsp3) is 0.192. The van der Waals surface area contributed by atoms with Crippen LogP contribution in [0.2, 0.25) is 0 Å². The van der Waals surface area contributed by atoms with Gasteiger partial charge in [-0.05, 0) is 62.0 Å². The first kappa shape index (κ1) is 22.8. The molecule has 1 unspecified atom stereocenters. The number of nitrogens with one attached hydrogen (secondary N) is 1. The third kappa shape index (κ3) is 4.42. The van der Waals surface area contributed by atoms with Crippen LogP contribution in [0.15, 0.2) is 75.5 Å². The number of ether oxygens (including phenoxy) is 1. The van der Waals surface area contributed by atoms with Crippen molar-refractivity contribution >= 4 is 22.9 Å². The Morgan fingerprint density at radius 2 is 1.94 bits per heavy atom. The second-order valence-corrected chi connectivity index (χ2v) is 8.62. The number of thiocarbonyl (C=S) groups is 1. The van der Waals surface area contributed by atoms with E-state index in [1.807, 2.05) is 55.1 Å². The molecule has 0 saturated carbocycles. The Morgan fingerprint density at radius 3 is 2.63 bits per heavy atom. The van der Waals surface area contributed by atoms with Crippen LogP contribution < -0.4 is 10.1 Å². The van der Waals surface area contributed by atoms with E-state index in [-0.39, 0.29) is 17.6 Å². The normalized spacial score (nSPS) is 15.9. The van der Waals surface area contributed by atoms with E-state index in [0.717, 1.165) is 28.2 Å². The lowest BCUT2D eigenvalue weighted by Crippen LogP contribution is -2.45. The van der Waals surface area contributed by atoms with Crippen molar-refractivity contribution < 1.29 is 18.1 Å². The lowest BCUT2D eigenvalue weighted by Gasteiger charge is -2.37. The van der Waals surface area contributed by atoms with Gasteiger partial charge in [-0.25, -0.2) is 4.39 Å². The summed E-state index contributed by atoms with van der Waals surface area (Å²) >= 11 is 5.72. The lowest BCUT2D eigenvalue weighted by molar-refractivity contribution is 0.382. The molecule has 1 aliphatic rings. The number of aromatic nitrogens is 2. The van der Waals surface area contributed by atoms with Crippen molar-refractivity contribution in [1.82, 2.24) is 20.4 Å². The van der Waals surface area contributed by atoms with Gasteiger partial charge in [0.25, 0.3) is 5.89 Å². The number of methoxy groups -OCH3 is 1. The van der Waals surface area contributed by atoms with Crippen LogP contribution in [0.1, 0.15) is 35.7 Å². The van der Waals surface area contributed by atoms with Gasteiger partial charge in [0, 0.05) is 11.3 Å². The molecule has 0 bridgehead atoms. The quantitative estimate of drug-likeness (QED) is 0.348. The average Bonchev–Trinajstić information content (AvgIpc) is 3.54. The molecule has 0 amide bonds. The van der Waals surface area contributed by atoms with Gasteiger partial charge >= 0.3 is 0 Å². The zero-order valence-electron chi connectivity index (χ0n) is 19.4. The maximum atomic E-state index is 14.3. The van der Waals surface area contributed by atoms with Crippen molar-refractivity contribution in [2.75, 3.05) is 7.11 Å². The van der Waals surface area contributed by atoms with E-state index < -0.39 is 5.82 Å². The first-order valence-corrected chi connectivity index (χ1v) is 11.4. The number of hydrogen-bond acceptors (Lipinski definition) is 6. The van der Waals surface area contributed by atoms with E-state index in [9.17, 15) is 4.39 Å². The molecular weight excluding hydrogens is 467 g/mol. The SMILES string of the molecule is COc1ccc(-c2noc(C3=C(C)N(Cc4ccco4)C(=S)NC3c3ccc(C)cc3)n2)cc1F. The van der Waals surface area contributed by atoms with Crippen LogP contribution in [-0.4, -0.2) is 27.3 Å². The summed E-state index contributed by atoms with van der Waals surface area (Å²) in [5.41, 5.74) is 4.26. The minimum atomic E-state index is -0.501. The van der Waals surface area contributed by atoms with Crippen LogP contribution in [0.4, 0.5) is 4.39 Å². The number of furan rings is 1. The largest absolute Gasteiger partial charge is 0.494 e. The summed E-state index contributed by atoms with van der Waals surface area (Å²) in [4.78, 5) is 6.56. The lowest BCUT2D eigenvalue weighted by atomic mass is 9.94. The monoisotopic (exact) mass is 490 g/mol. The van der Waals surface area contributed by atoms with Crippen LogP contribution in [-0.2, 0) is 6.54 Å². The zero-order chi connectivity index (χ0) is 24.5. The highest BCUT2D eigenvalue weighted by atomic mass is 32.1. The Balaban J connectivity index is 1.58. The molecule has 0 aliphatic carbocycles. The van der Waals surface area contributed by atoms with E-state index in [0.29, 0.717) is 23.1 Å². The minimum Gasteiger partial charge on any atom is -0.494 e. The van der Waals surface area contributed by atoms with E-state index >= 15 is 0 Å². The van der Waals surface area contributed by atoms with Gasteiger partial charge < -0.3 is 23.9 Å². The Bertz CT molecular complexity index is 1400. The molecule has 0 spiro atoms. The maximum Gasteiger partial charge on any atom is 0.258 e. The fourth-order valence-corrected chi connectivity index (χ4v) is 4.39. The number of rotatable bonds is 6. The third-order valence-corrected chi connectivity index (χ3v) is 6.31. The smallest absolute Gasteiger partial charge is 0.258 e. The summed E-state index contributed by atoms with van der Waals surface area (Å²) in [6.45, 7) is 4.44. The van der Waals surface area contributed by atoms with Gasteiger partial charge in [0.1, 0.15) is 5.76 Å². The predicted octanol–water partition coefficient (Wildman–Crippen LogP) is 5.65. The maximum absolute atomic E-state index is 14.3. The van der Waals surface area contributed by atoms with Crippen molar-refractivity contribution in [3.05, 3.63) is 95.2 Å². The van der Waals surface area contributed by atoms with Crippen LogP contribution >= 0.6 is 12.2 Å². The van der Waals surface area contributed by atoms with Crippen molar-refractivity contribution in [3.63, 3.8) is 0 Å². The Kier molecular flexibility index (Phi) is 6.08. The molecular formula is C26H23FN4O3S. The summed E-state index contributed by atoms with van der Waals surface area (Å²) in [5, 5.41) is 8.11. The standard InChI is InChI=1S/C26H23FN4O3S/c1-15-6-8-17(9-7-15)23-22(16(2)31(26(35)28-23)14-19-5-4-12-33-19)25-29-24(30-34-25)18-10-11-21(32-3)20(27)13-18/h4-13,23H,14H2,1-3H3,(H,28,35). The fourth-order valence-electron chi connectivity index (χ4n) is 4.07. The molecule has 0 radical (unpaired) electrons. The number of aryl methyl sites for hydroxylation is 1. The van der Waals surface area contributed by atoms with Gasteiger partial charge in [-0.3, -0.25) is 0 Å². The van der Waals surface area contributed by atoms with Crippen LogP contribution in [0.5, 0.6) is 5.75 Å². The van der Waals surface area contributed by atoms with Gasteiger partial charge in [0.05, 0.1) is 31.5 Å². The second kappa shape index (κ2) is 9.34. The van der Waals surface area contributed by atoms with Crippen LogP contribution in [0.25, 0.3) is 17.0 Å². The Morgan fingerprint density at radius 1 is 1.14 bits per heavy atom. The summed E-state index contributed by atoms with van der Waals surface area (Å²) < 4.78 is 30.6. The first-order chi connectivity index (χ1) is 16.9. The van der Waals surface area contributed by atoms with E-state index in [4.69, 9.17) is 25.9 Å². The molecule has 2 aromatic heterocycles. The van der Waals surface area contributed by atoms with Gasteiger partial charge in [0.2, 0.25) is 5.82 Å². The first-order valence-electron chi connectivity index (χ1n) is 11.0. The van der Waals surface area contributed by atoms with Crippen molar-refractivity contribution in [2.24, 2.45) is 0 Å². The molecule has 1 N–H and O–H groups in total. The molecule has 5 rings (SSSR count). The van der Waals surface area contributed by atoms with E-state index in [2.05, 4.69) is 15.5 Å². The van der Waals surface area contributed by atoms with Crippen molar-refractivity contribution in [1.29, 1.82) is 0 Å². The van der Waals surface area contributed by atoms with Crippen LogP contribution in [0.3, 0.4) is 0 Å². The minimum absolute atomic E-state index is 0.147. The molecule has 1 aliphatic heterocycles. The van der Waals surface area contributed by atoms with Gasteiger partial charge in [-0.1, -0.05) is 35.0 Å². The molecule has 7 nitrogen and oxygen atoms in total. The molecule has 178 valence electrons. The predicted molar refractivity (Wildman–Crippen MR) is 133 cm³/mol. The number of benzene rings is 2. The molecule has 35 heavy (non-hydrogen) atoms. The molecule has 4 aromatic rings. The molecule has 1 atom stereocenters. The molecule has 9 heteroatoms. The van der Waals surface area contributed by atoms with E-state index in [1.165, 1.54) is 19.2 Å². The highest BCUT2D eigenvalue weighted by molar-refractivity contribution is 7.80. The number of nitrogens with zero attached hydrogens (tertiary/aromatic N) is 3. The molecule has 2 aromatic carbocycles. The van der Waals surface area contributed by atoms with Gasteiger partial charge in [-0.2, -0.15) is 4.98 Å². The molecule has 0 saturated heterocycles. The summed E-state index contributed by atoms with van der Waals surface area (Å²) in [6.07, 6.45) is 1.63. The number of allylic oxidation sites excluding steroid dienone is 1. The second-order valence-electron chi connectivity index (χ2n) is 8.23. The van der Waals surface area contributed by atoms with Crippen LogP contribution in [0, 0.1) is 12.7 Å². The molecule has 3 heterocycles. The Labute approximate surface area is 207 Å². The highest BCUT2D eigenvalue weighted by Crippen LogP contribution is 2.38. The molecule has 0 fully saturated rings. The zero-order valence-corrected chi connectivity index (χ0v) is 20.2. The average molecular weight is 491 g/mol. The van der Waals surface area contributed by atoms with E-state index in [1.54, 1.807) is 12.3 Å². The number of halogens is 1. The highest BCUT2D eigenvalue weighted by Gasteiger charge is 2.34. The van der Waals surface area contributed by atoms with Crippen molar-refractivity contribution in [2.45, 2.75) is 26.4 Å². The topological polar surface area (TPSA) is 76.6 Å². The third-order valence-electron chi connectivity index (χ3n) is 5.97. The summed E-state index contributed by atoms with van der Waals surface area (Å²) in [7, 11) is 1.42. The van der Waals surface area contributed by atoms with Gasteiger partial charge in [-0.15, -0.1) is 0 Å². The van der Waals surface area contributed by atoms with Gasteiger partial charge in [0.15, 0.2) is 16.7 Å².